The lowest BCUT2D eigenvalue weighted by molar-refractivity contribution is 0.101. The Hall–Kier alpha value is -2.92. The summed E-state index contributed by atoms with van der Waals surface area (Å²) < 4.78 is 0.808. The van der Waals surface area contributed by atoms with Gasteiger partial charge in [-0.2, -0.15) is 0 Å². The molecule has 2 N–H and O–H groups in total. The fraction of sp³-hybridized carbons (Fsp3) is 0. The summed E-state index contributed by atoms with van der Waals surface area (Å²) in [4.78, 5) is 24.5. The summed E-state index contributed by atoms with van der Waals surface area (Å²) in [6.45, 7) is 0. The maximum atomic E-state index is 12.3. The number of hydrogen-bond acceptors (Lipinski definition) is 2. The molecular formula is C20H15BrN2O2. The van der Waals surface area contributed by atoms with Crippen molar-refractivity contribution in [1.82, 2.24) is 0 Å². The lowest BCUT2D eigenvalue weighted by Gasteiger charge is -2.08. The number of hydrogen-bond donors (Lipinski definition) is 2. The first-order valence-corrected chi connectivity index (χ1v) is 8.45. The minimum atomic E-state index is -0.234. The molecule has 0 heterocycles. The molecule has 0 spiro atoms. The largest absolute Gasteiger partial charge is 0.322 e. The Morgan fingerprint density at radius 1 is 0.640 bits per heavy atom. The van der Waals surface area contributed by atoms with E-state index in [1.165, 1.54) is 0 Å². The second-order valence-corrected chi connectivity index (χ2v) is 6.19. The Labute approximate surface area is 154 Å². The van der Waals surface area contributed by atoms with Crippen LogP contribution in [0.15, 0.2) is 83.3 Å². The van der Waals surface area contributed by atoms with Gasteiger partial charge in [-0.25, -0.2) is 0 Å². The van der Waals surface area contributed by atoms with Crippen molar-refractivity contribution in [2.75, 3.05) is 10.6 Å². The van der Waals surface area contributed by atoms with E-state index in [1.54, 1.807) is 24.3 Å². The molecule has 25 heavy (non-hydrogen) atoms. The van der Waals surface area contributed by atoms with Gasteiger partial charge in [0.1, 0.15) is 0 Å². The molecule has 0 atom stereocenters. The molecule has 3 aromatic carbocycles. The molecule has 0 unspecified atom stereocenters. The van der Waals surface area contributed by atoms with Crippen molar-refractivity contribution in [2.45, 2.75) is 0 Å². The third kappa shape index (κ3) is 4.33. The van der Waals surface area contributed by atoms with Gasteiger partial charge in [0.25, 0.3) is 11.8 Å². The Morgan fingerprint density at radius 2 is 1.16 bits per heavy atom. The van der Waals surface area contributed by atoms with Crippen molar-refractivity contribution in [3.8, 4) is 0 Å². The van der Waals surface area contributed by atoms with Crippen LogP contribution in [0.2, 0.25) is 0 Å². The van der Waals surface area contributed by atoms with E-state index in [0.29, 0.717) is 16.8 Å². The molecule has 0 bridgehead atoms. The summed E-state index contributed by atoms with van der Waals surface area (Å²) >= 11 is 3.39. The standard InChI is InChI=1S/C20H15BrN2O2/c21-17-8-4-5-9-18(17)23-20(25)15-12-10-14(11-13-15)19(24)22-16-6-2-1-3-7-16/h1-13H,(H,22,24)(H,23,25). The summed E-state index contributed by atoms with van der Waals surface area (Å²) in [6.07, 6.45) is 0. The van der Waals surface area contributed by atoms with Crippen LogP contribution >= 0.6 is 15.9 Å². The zero-order chi connectivity index (χ0) is 17.6. The molecule has 3 rings (SSSR count). The Balaban J connectivity index is 1.68. The number of carbonyl (C=O) groups is 2. The zero-order valence-electron chi connectivity index (χ0n) is 13.2. The maximum absolute atomic E-state index is 12.3. The molecule has 2 amide bonds. The highest BCUT2D eigenvalue weighted by Crippen LogP contribution is 2.22. The first kappa shape index (κ1) is 16.9. The summed E-state index contributed by atoms with van der Waals surface area (Å²) in [6, 6.07) is 23.1. The molecule has 0 saturated heterocycles. The van der Waals surface area contributed by atoms with Crippen molar-refractivity contribution in [1.29, 1.82) is 0 Å². The number of para-hydroxylation sites is 2. The van der Waals surface area contributed by atoms with Gasteiger partial charge >= 0.3 is 0 Å². The van der Waals surface area contributed by atoms with Crippen LogP contribution in [-0.4, -0.2) is 11.8 Å². The number of carbonyl (C=O) groups excluding carboxylic acids is 2. The number of rotatable bonds is 4. The van der Waals surface area contributed by atoms with Gasteiger partial charge in [-0.1, -0.05) is 30.3 Å². The van der Waals surface area contributed by atoms with E-state index in [-0.39, 0.29) is 11.8 Å². The van der Waals surface area contributed by atoms with Gasteiger partial charge < -0.3 is 10.6 Å². The summed E-state index contributed by atoms with van der Waals surface area (Å²) in [5.41, 5.74) is 2.38. The third-order valence-corrected chi connectivity index (χ3v) is 4.25. The predicted molar refractivity (Wildman–Crippen MR) is 103 cm³/mol. The summed E-state index contributed by atoms with van der Waals surface area (Å²) in [5, 5.41) is 5.64. The van der Waals surface area contributed by atoms with E-state index >= 15 is 0 Å². The van der Waals surface area contributed by atoms with Crippen LogP contribution in [0.25, 0.3) is 0 Å². The highest BCUT2D eigenvalue weighted by molar-refractivity contribution is 9.10. The maximum Gasteiger partial charge on any atom is 0.255 e. The van der Waals surface area contributed by atoms with Crippen LogP contribution in [0, 0.1) is 0 Å². The summed E-state index contributed by atoms with van der Waals surface area (Å²) in [5.74, 6) is -0.453. The number of amides is 2. The molecule has 5 heteroatoms. The third-order valence-electron chi connectivity index (χ3n) is 3.56. The average Bonchev–Trinajstić information content (AvgIpc) is 2.64. The van der Waals surface area contributed by atoms with Gasteiger partial charge in [0, 0.05) is 21.3 Å². The van der Waals surface area contributed by atoms with E-state index in [9.17, 15) is 9.59 Å². The SMILES string of the molecule is O=C(Nc1ccccc1)c1ccc(C(=O)Nc2ccccc2Br)cc1. The van der Waals surface area contributed by atoms with Gasteiger partial charge in [-0.05, 0) is 64.5 Å². The summed E-state index contributed by atoms with van der Waals surface area (Å²) in [7, 11) is 0. The molecule has 0 aliphatic heterocycles. The molecule has 4 nitrogen and oxygen atoms in total. The van der Waals surface area contributed by atoms with Crippen LogP contribution in [0.1, 0.15) is 20.7 Å². The van der Waals surface area contributed by atoms with E-state index in [4.69, 9.17) is 0 Å². The van der Waals surface area contributed by atoms with E-state index in [0.717, 1.165) is 10.2 Å². The molecule has 0 aromatic heterocycles. The van der Waals surface area contributed by atoms with Crippen LogP contribution in [-0.2, 0) is 0 Å². The smallest absolute Gasteiger partial charge is 0.255 e. The minimum Gasteiger partial charge on any atom is -0.322 e. The number of benzene rings is 3. The molecular weight excluding hydrogens is 380 g/mol. The van der Waals surface area contributed by atoms with Gasteiger partial charge in [0.15, 0.2) is 0 Å². The van der Waals surface area contributed by atoms with Crippen molar-refractivity contribution in [3.05, 3.63) is 94.5 Å². The van der Waals surface area contributed by atoms with E-state index in [1.807, 2.05) is 54.6 Å². The number of anilines is 2. The fourth-order valence-corrected chi connectivity index (χ4v) is 2.64. The normalized spacial score (nSPS) is 10.1. The Morgan fingerprint density at radius 3 is 1.76 bits per heavy atom. The molecule has 0 aliphatic carbocycles. The van der Waals surface area contributed by atoms with Crippen LogP contribution in [0.5, 0.6) is 0 Å². The number of nitrogens with one attached hydrogen (secondary N) is 2. The quantitative estimate of drug-likeness (QED) is 0.657. The second-order valence-electron chi connectivity index (χ2n) is 5.33. The van der Waals surface area contributed by atoms with Gasteiger partial charge in [0.2, 0.25) is 0 Å². The van der Waals surface area contributed by atoms with Crippen LogP contribution in [0.3, 0.4) is 0 Å². The van der Waals surface area contributed by atoms with Gasteiger partial charge in [-0.3, -0.25) is 9.59 Å². The minimum absolute atomic E-state index is 0.219. The second kappa shape index (κ2) is 7.77. The van der Waals surface area contributed by atoms with Crippen molar-refractivity contribution >= 4 is 39.1 Å². The fourth-order valence-electron chi connectivity index (χ4n) is 2.25. The first-order valence-electron chi connectivity index (χ1n) is 7.66. The van der Waals surface area contributed by atoms with Crippen molar-refractivity contribution in [2.24, 2.45) is 0 Å². The van der Waals surface area contributed by atoms with Gasteiger partial charge in [-0.15, -0.1) is 0 Å². The molecule has 0 radical (unpaired) electrons. The topological polar surface area (TPSA) is 58.2 Å². The van der Waals surface area contributed by atoms with Crippen LogP contribution in [0.4, 0.5) is 11.4 Å². The monoisotopic (exact) mass is 394 g/mol. The zero-order valence-corrected chi connectivity index (χ0v) is 14.8. The highest BCUT2D eigenvalue weighted by Gasteiger charge is 2.10. The van der Waals surface area contributed by atoms with E-state index in [2.05, 4.69) is 26.6 Å². The molecule has 0 saturated carbocycles. The average molecular weight is 395 g/mol. The van der Waals surface area contributed by atoms with Crippen molar-refractivity contribution < 1.29 is 9.59 Å². The molecule has 3 aromatic rings. The predicted octanol–water partition coefficient (Wildman–Crippen LogP) is 4.95. The molecule has 0 aliphatic rings. The molecule has 124 valence electrons. The number of halogens is 1. The highest BCUT2D eigenvalue weighted by atomic mass is 79.9. The lowest BCUT2D eigenvalue weighted by Crippen LogP contribution is -2.14. The van der Waals surface area contributed by atoms with Gasteiger partial charge in [0.05, 0.1) is 5.69 Å². The Bertz CT molecular complexity index is 893. The Kier molecular flexibility index (Phi) is 5.26. The van der Waals surface area contributed by atoms with E-state index < -0.39 is 0 Å². The molecule has 0 fully saturated rings. The van der Waals surface area contributed by atoms with Crippen LogP contribution < -0.4 is 10.6 Å². The first-order chi connectivity index (χ1) is 12.1. The lowest BCUT2D eigenvalue weighted by atomic mass is 10.1. The van der Waals surface area contributed by atoms with Crippen molar-refractivity contribution in [3.63, 3.8) is 0 Å².